The Bertz CT molecular complexity index is 555. The second-order valence-electron chi connectivity index (χ2n) is 4.31. The summed E-state index contributed by atoms with van der Waals surface area (Å²) < 4.78 is 9.94. The van der Waals surface area contributed by atoms with Crippen LogP contribution in [0.4, 0.5) is 5.69 Å². The van der Waals surface area contributed by atoms with Gasteiger partial charge in [0.25, 0.3) is 0 Å². The van der Waals surface area contributed by atoms with E-state index in [0.29, 0.717) is 5.75 Å². The van der Waals surface area contributed by atoms with Gasteiger partial charge in [-0.15, -0.1) is 11.8 Å². The normalized spacial score (nSPS) is 11.4. The van der Waals surface area contributed by atoms with Crippen molar-refractivity contribution in [3.8, 4) is 5.75 Å². The van der Waals surface area contributed by atoms with Gasteiger partial charge in [0, 0.05) is 0 Å². The molecule has 0 unspecified atom stereocenters. The van der Waals surface area contributed by atoms with Crippen LogP contribution in [0.5, 0.6) is 5.75 Å². The van der Waals surface area contributed by atoms with Gasteiger partial charge >= 0.3 is 11.9 Å². The number of phenols is 1. The minimum absolute atomic E-state index is 0.0341. The molecular formula is C16H21NO5S. The van der Waals surface area contributed by atoms with E-state index in [1.165, 1.54) is 17.8 Å². The number of carbonyl (C=O) groups excluding carboxylic acids is 2. The van der Waals surface area contributed by atoms with Crippen molar-refractivity contribution in [2.45, 2.75) is 20.8 Å². The number of hydrogen-bond donors (Lipinski definition) is 1. The van der Waals surface area contributed by atoms with E-state index in [4.69, 9.17) is 9.47 Å². The minimum atomic E-state index is -1.25. The molecule has 0 aliphatic carbocycles. The number of para-hydroxylation sites is 2. The summed E-state index contributed by atoms with van der Waals surface area (Å²) in [5, 5.41) is 10.1. The number of rotatable bonds is 7. The van der Waals surface area contributed by atoms with Gasteiger partial charge in [0.2, 0.25) is 5.92 Å². The van der Waals surface area contributed by atoms with Crippen LogP contribution in [0.15, 0.2) is 29.3 Å². The highest BCUT2D eigenvalue weighted by Crippen LogP contribution is 2.29. The van der Waals surface area contributed by atoms with Crippen molar-refractivity contribution in [2.75, 3.05) is 19.0 Å². The van der Waals surface area contributed by atoms with E-state index in [-0.39, 0.29) is 29.7 Å². The summed E-state index contributed by atoms with van der Waals surface area (Å²) >= 11 is 1.23. The molecule has 0 aromatic heterocycles. The van der Waals surface area contributed by atoms with E-state index in [1.54, 1.807) is 32.0 Å². The summed E-state index contributed by atoms with van der Waals surface area (Å²) in [6.45, 7) is 5.49. The summed E-state index contributed by atoms with van der Waals surface area (Å²) in [5.74, 6) is -2.10. The van der Waals surface area contributed by atoms with Crippen LogP contribution < -0.4 is 0 Å². The number of hydrogen-bond acceptors (Lipinski definition) is 7. The van der Waals surface area contributed by atoms with E-state index >= 15 is 0 Å². The number of ether oxygens (including phenoxy) is 2. The summed E-state index contributed by atoms with van der Waals surface area (Å²) in [4.78, 5) is 28.6. The van der Waals surface area contributed by atoms with Crippen LogP contribution in [0.25, 0.3) is 0 Å². The smallest absolute Gasteiger partial charge is 0.327 e. The highest BCUT2D eigenvalue weighted by Gasteiger charge is 2.35. The molecule has 0 atom stereocenters. The molecule has 0 amide bonds. The molecular weight excluding hydrogens is 318 g/mol. The molecule has 0 saturated carbocycles. The van der Waals surface area contributed by atoms with Crippen molar-refractivity contribution in [3.63, 3.8) is 0 Å². The summed E-state index contributed by atoms with van der Waals surface area (Å²) in [7, 11) is 0. The molecule has 1 rings (SSSR count). The molecule has 0 radical (unpaired) electrons. The van der Waals surface area contributed by atoms with Gasteiger partial charge in [0.05, 0.1) is 18.3 Å². The van der Waals surface area contributed by atoms with Gasteiger partial charge in [-0.3, -0.25) is 9.59 Å². The maximum atomic E-state index is 12.2. The van der Waals surface area contributed by atoms with Crippen molar-refractivity contribution < 1.29 is 24.2 Å². The maximum Gasteiger partial charge on any atom is 0.327 e. The molecule has 0 aliphatic rings. The Morgan fingerprint density at radius 3 is 2.17 bits per heavy atom. The fraction of sp³-hybridized carbons (Fsp3) is 0.438. The zero-order valence-corrected chi connectivity index (χ0v) is 14.3. The van der Waals surface area contributed by atoms with Crippen molar-refractivity contribution in [1.29, 1.82) is 0 Å². The van der Waals surface area contributed by atoms with Crippen LogP contribution >= 0.6 is 11.8 Å². The molecule has 23 heavy (non-hydrogen) atoms. The second kappa shape index (κ2) is 9.89. The Labute approximate surface area is 139 Å². The molecule has 6 nitrogen and oxygen atoms in total. The van der Waals surface area contributed by atoms with Gasteiger partial charge in [0.1, 0.15) is 11.4 Å². The zero-order valence-electron chi connectivity index (χ0n) is 13.4. The number of esters is 2. The van der Waals surface area contributed by atoms with Gasteiger partial charge < -0.3 is 14.6 Å². The van der Waals surface area contributed by atoms with Crippen molar-refractivity contribution in [2.24, 2.45) is 10.9 Å². The van der Waals surface area contributed by atoms with Gasteiger partial charge in [-0.2, -0.15) is 0 Å². The van der Waals surface area contributed by atoms with Gasteiger partial charge in [-0.25, -0.2) is 4.99 Å². The van der Waals surface area contributed by atoms with Crippen LogP contribution in [-0.2, 0) is 19.1 Å². The number of aliphatic imine (C=N–C) groups is 1. The SMILES string of the molecule is CCOC(=O)C(C(=O)OCC)C(=Nc1ccccc1O)SCC. The van der Waals surface area contributed by atoms with Gasteiger partial charge in [0.15, 0.2) is 0 Å². The number of benzene rings is 1. The highest BCUT2D eigenvalue weighted by molar-refractivity contribution is 8.14. The second-order valence-corrected chi connectivity index (χ2v) is 5.59. The van der Waals surface area contributed by atoms with Crippen LogP contribution in [0.3, 0.4) is 0 Å². The average Bonchev–Trinajstić information content (AvgIpc) is 2.50. The summed E-state index contributed by atoms with van der Waals surface area (Å²) in [5.41, 5.74) is 0.280. The number of carbonyl (C=O) groups is 2. The first-order chi connectivity index (χ1) is 11.0. The molecule has 0 fully saturated rings. The van der Waals surface area contributed by atoms with Crippen molar-refractivity contribution in [3.05, 3.63) is 24.3 Å². The predicted octanol–water partition coefficient (Wildman–Crippen LogP) is 2.92. The fourth-order valence-electron chi connectivity index (χ4n) is 1.75. The third kappa shape index (κ3) is 5.59. The third-order valence-corrected chi connectivity index (χ3v) is 3.61. The van der Waals surface area contributed by atoms with Crippen LogP contribution in [-0.4, -0.2) is 41.1 Å². The van der Waals surface area contributed by atoms with E-state index in [0.717, 1.165) is 0 Å². The number of phenolic OH excluding ortho intramolecular Hbond substituents is 1. The standard InChI is InChI=1S/C16H21NO5S/c1-4-21-15(19)13(16(20)22-5-2)14(23-6-3)17-11-9-7-8-10-12(11)18/h7-10,13,18H,4-6H2,1-3H3. The minimum Gasteiger partial charge on any atom is -0.506 e. The Morgan fingerprint density at radius 2 is 1.70 bits per heavy atom. The third-order valence-electron chi connectivity index (χ3n) is 2.70. The van der Waals surface area contributed by atoms with E-state index < -0.39 is 17.9 Å². The topological polar surface area (TPSA) is 85.2 Å². The highest BCUT2D eigenvalue weighted by atomic mass is 32.2. The van der Waals surface area contributed by atoms with Gasteiger partial charge in [-0.1, -0.05) is 19.1 Å². The van der Waals surface area contributed by atoms with E-state index in [2.05, 4.69) is 4.99 Å². The first kappa shape index (κ1) is 19.0. The zero-order chi connectivity index (χ0) is 17.2. The van der Waals surface area contributed by atoms with Crippen molar-refractivity contribution >= 4 is 34.4 Å². The van der Waals surface area contributed by atoms with E-state index in [9.17, 15) is 14.7 Å². The van der Waals surface area contributed by atoms with Crippen LogP contribution in [0.2, 0.25) is 0 Å². The molecule has 1 aromatic rings. The Kier molecular flexibility index (Phi) is 8.18. The number of aromatic hydroxyl groups is 1. The first-order valence-corrected chi connectivity index (χ1v) is 8.36. The molecule has 0 heterocycles. The first-order valence-electron chi connectivity index (χ1n) is 7.37. The lowest BCUT2D eigenvalue weighted by Gasteiger charge is -2.16. The summed E-state index contributed by atoms with van der Waals surface area (Å²) in [6.07, 6.45) is 0. The number of nitrogens with zero attached hydrogens (tertiary/aromatic N) is 1. The number of thioether (sulfide) groups is 1. The maximum absolute atomic E-state index is 12.2. The van der Waals surface area contributed by atoms with Gasteiger partial charge in [-0.05, 0) is 31.7 Å². The monoisotopic (exact) mass is 339 g/mol. The molecule has 126 valence electrons. The molecule has 0 bridgehead atoms. The Hall–Kier alpha value is -2.02. The Morgan fingerprint density at radius 1 is 1.13 bits per heavy atom. The molecule has 1 aromatic carbocycles. The molecule has 0 spiro atoms. The molecule has 0 saturated heterocycles. The Balaban J connectivity index is 3.26. The summed E-state index contributed by atoms with van der Waals surface area (Å²) in [6, 6.07) is 6.45. The predicted molar refractivity (Wildman–Crippen MR) is 90.1 cm³/mol. The van der Waals surface area contributed by atoms with Crippen LogP contribution in [0.1, 0.15) is 20.8 Å². The van der Waals surface area contributed by atoms with Crippen LogP contribution in [0, 0.1) is 5.92 Å². The largest absolute Gasteiger partial charge is 0.506 e. The lowest BCUT2D eigenvalue weighted by molar-refractivity contribution is -0.157. The van der Waals surface area contributed by atoms with E-state index in [1.807, 2.05) is 6.92 Å². The lowest BCUT2D eigenvalue weighted by atomic mass is 10.1. The van der Waals surface area contributed by atoms with Crippen molar-refractivity contribution in [1.82, 2.24) is 0 Å². The molecule has 7 heteroatoms. The fourth-order valence-corrected chi connectivity index (χ4v) is 2.57. The molecule has 1 N–H and O–H groups in total. The lowest BCUT2D eigenvalue weighted by Crippen LogP contribution is -2.33. The molecule has 0 aliphatic heterocycles. The quantitative estimate of drug-likeness (QED) is 0.356. The average molecular weight is 339 g/mol.